The molecule has 6 nitrogen and oxygen atoms in total. The molecule has 0 amide bonds. The molecule has 0 aliphatic heterocycles. The van der Waals surface area contributed by atoms with Gasteiger partial charge in [0.15, 0.2) is 0 Å². The predicted octanol–water partition coefficient (Wildman–Crippen LogP) is 4.67. The third-order valence-electron chi connectivity index (χ3n) is 5.49. The van der Waals surface area contributed by atoms with E-state index < -0.39 is 10.0 Å². The molecule has 0 aliphatic carbocycles. The summed E-state index contributed by atoms with van der Waals surface area (Å²) >= 11 is 1.51. The van der Waals surface area contributed by atoms with E-state index in [1.165, 1.54) is 11.3 Å². The average molecular weight is 467 g/mol. The maximum atomic E-state index is 13.1. The van der Waals surface area contributed by atoms with Gasteiger partial charge in [-0.1, -0.05) is 42.5 Å². The molecule has 32 heavy (non-hydrogen) atoms. The van der Waals surface area contributed by atoms with Crippen LogP contribution < -0.4 is 9.62 Å². The molecule has 0 bridgehead atoms. The topological polar surface area (TPSA) is 67.2 Å². The molecule has 0 aliphatic rings. The first-order valence-electron chi connectivity index (χ1n) is 10.2. The molecular weight excluding hydrogens is 440 g/mol. The smallest absolute Gasteiger partial charge is 0.242 e. The van der Waals surface area contributed by atoms with Gasteiger partial charge in [-0.3, -0.25) is 0 Å². The number of thiazole rings is 1. The van der Waals surface area contributed by atoms with Gasteiger partial charge in [0, 0.05) is 50.0 Å². The van der Waals surface area contributed by atoms with E-state index >= 15 is 0 Å². The van der Waals surface area contributed by atoms with Gasteiger partial charge in [0.2, 0.25) is 10.0 Å². The average Bonchev–Trinajstić information content (AvgIpc) is 3.39. The molecule has 8 heteroatoms. The third kappa shape index (κ3) is 4.48. The van der Waals surface area contributed by atoms with Gasteiger partial charge in [0.1, 0.15) is 9.90 Å². The Labute approximate surface area is 193 Å². The number of benzene rings is 2. The summed E-state index contributed by atoms with van der Waals surface area (Å²) in [5.41, 5.74) is 5.35. The fourth-order valence-electron chi connectivity index (χ4n) is 3.45. The second-order valence-corrected chi connectivity index (χ2v) is 10.4. The number of hydrogen-bond acceptors (Lipinski definition) is 5. The van der Waals surface area contributed by atoms with Crippen molar-refractivity contribution in [1.82, 2.24) is 14.3 Å². The lowest BCUT2D eigenvalue weighted by molar-refractivity contribution is 0.580. The zero-order valence-corrected chi connectivity index (χ0v) is 20.2. The summed E-state index contributed by atoms with van der Waals surface area (Å²) in [5, 5.41) is 2.78. The lowest BCUT2D eigenvalue weighted by atomic mass is 10.2. The van der Waals surface area contributed by atoms with Gasteiger partial charge in [0.05, 0.1) is 11.4 Å². The summed E-state index contributed by atoms with van der Waals surface area (Å²) in [6, 6.07) is 19.5. The highest BCUT2D eigenvalue weighted by atomic mass is 32.2. The van der Waals surface area contributed by atoms with Gasteiger partial charge in [-0.05, 0) is 30.7 Å². The maximum absolute atomic E-state index is 13.1. The third-order valence-corrected chi connectivity index (χ3v) is 7.87. The molecule has 0 atom stereocenters. The van der Waals surface area contributed by atoms with Crippen LogP contribution in [0.2, 0.25) is 0 Å². The second kappa shape index (κ2) is 8.90. The Morgan fingerprint density at radius 1 is 1.06 bits per heavy atom. The van der Waals surface area contributed by atoms with Crippen molar-refractivity contribution in [3.63, 3.8) is 0 Å². The van der Waals surface area contributed by atoms with E-state index in [-0.39, 0.29) is 11.4 Å². The van der Waals surface area contributed by atoms with E-state index in [1.807, 2.05) is 97.5 Å². The minimum Gasteiger partial charge on any atom is -0.378 e. The Morgan fingerprint density at radius 2 is 1.75 bits per heavy atom. The van der Waals surface area contributed by atoms with E-state index in [0.717, 1.165) is 33.2 Å². The van der Waals surface area contributed by atoms with Crippen molar-refractivity contribution >= 4 is 27.0 Å². The van der Waals surface area contributed by atoms with Crippen LogP contribution in [0.5, 0.6) is 0 Å². The van der Waals surface area contributed by atoms with Gasteiger partial charge in [-0.2, -0.15) is 0 Å². The number of nitrogens with one attached hydrogen (secondary N) is 1. The van der Waals surface area contributed by atoms with Crippen molar-refractivity contribution < 1.29 is 8.42 Å². The Hall–Kier alpha value is -2.94. The predicted molar refractivity (Wildman–Crippen MR) is 131 cm³/mol. The lowest BCUT2D eigenvalue weighted by Crippen LogP contribution is -2.23. The van der Waals surface area contributed by atoms with E-state index in [9.17, 15) is 8.42 Å². The van der Waals surface area contributed by atoms with Gasteiger partial charge in [0.25, 0.3) is 0 Å². The second-order valence-electron chi connectivity index (χ2n) is 7.83. The molecule has 166 valence electrons. The fourth-order valence-corrected chi connectivity index (χ4v) is 5.63. The Kier molecular flexibility index (Phi) is 6.19. The summed E-state index contributed by atoms with van der Waals surface area (Å²) in [6.07, 6.45) is 0. The molecule has 0 saturated carbocycles. The number of aromatic nitrogens is 2. The molecule has 4 aromatic rings. The molecule has 2 heterocycles. The molecule has 0 fully saturated rings. The number of hydrogen-bond donors (Lipinski definition) is 1. The molecule has 1 N–H and O–H groups in total. The minimum absolute atomic E-state index is 0.231. The summed E-state index contributed by atoms with van der Waals surface area (Å²) in [6.45, 7) is 2.05. The highest BCUT2D eigenvalue weighted by Crippen LogP contribution is 2.32. The number of sulfonamides is 1. The van der Waals surface area contributed by atoms with Crippen LogP contribution in [-0.2, 0) is 23.6 Å². The first-order valence-corrected chi connectivity index (χ1v) is 12.6. The van der Waals surface area contributed by atoms with E-state index in [4.69, 9.17) is 4.98 Å². The van der Waals surface area contributed by atoms with Gasteiger partial charge < -0.3 is 9.47 Å². The summed E-state index contributed by atoms with van der Waals surface area (Å²) in [7, 11) is 2.14. The highest BCUT2D eigenvalue weighted by Gasteiger charge is 2.23. The van der Waals surface area contributed by atoms with Crippen molar-refractivity contribution in [3.05, 3.63) is 77.3 Å². The Bertz CT molecular complexity index is 1320. The van der Waals surface area contributed by atoms with Crippen molar-refractivity contribution in [3.8, 4) is 22.0 Å². The molecule has 0 spiro atoms. The van der Waals surface area contributed by atoms with E-state index in [1.54, 1.807) is 6.07 Å². The molecule has 2 aromatic carbocycles. The molecule has 4 rings (SSSR count). The van der Waals surface area contributed by atoms with Crippen LogP contribution in [0.1, 0.15) is 11.3 Å². The van der Waals surface area contributed by atoms with Crippen molar-refractivity contribution in [2.75, 3.05) is 19.0 Å². The molecule has 0 radical (unpaired) electrons. The zero-order chi connectivity index (χ0) is 22.9. The summed E-state index contributed by atoms with van der Waals surface area (Å²) in [5.74, 6) is 0. The number of anilines is 1. The first kappa shape index (κ1) is 22.3. The Balaban J connectivity index is 1.57. The first-order chi connectivity index (χ1) is 15.3. The van der Waals surface area contributed by atoms with Crippen LogP contribution in [0.3, 0.4) is 0 Å². The Morgan fingerprint density at radius 3 is 2.41 bits per heavy atom. The van der Waals surface area contributed by atoms with E-state index in [2.05, 4.69) is 4.72 Å². The van der Waals surface area contributed by atoms with Crippen LogP contribution in [0, 0.1) is 6.92 Å². The molecular formula is C24H26N4O2S2. The maximum Gasteiger partial charge on any atom is 0.242 e. The molecule has 0 saturated heterocycles. The van der Waals surface area contributed by atoms with Crippen molar-refractivity contribution in [2.45, 2.75) is 18.4 Å². The van der Waals surface area contributed by atoms with E-state index in [0.29, 0.717) is 5.69 Å². The minimum atomic E-state index is -3.68. The van der Waals surface area contributed by atoms with Crippen LogP contribution >= 0.6 is 11.3 Å². The lowest BCUT2D eigenvalue weighted by Gasteiger charge is -2.13. The summed E-state index contributed by atoms with van der Waals surface area (Å²) in [4.78, 5) is 7.02. The quantitative estimate of drug-likeness (QED) is 0.430. The summed E-state index contributed by atoms with van der Waals surface area (Å²) < 4.78 is 30.8. The zero-order valence-electron chi connectivity index (χ0n) is 18.5. The number of nitrogens with zero attached hydrogens (tertiary/aromatic N) is 3. The highest BCUT2D eigenvalue weighted by molar-refractivity contribution is 7.89. The SMILES string of the molecule is Cc1c(S(=O)(=O)NCc2ccc(N(C)C)cc2)cc(-c2nc(-c3ccccc3)cs2)n1C. The van der Waals surface area contributed by atoms with Crippen molar-refractivity contribution in [2.24, 2.45) is 7.05 Å². The molecule has 0 unspecified atom stereocenters. The van der Waals surface area contributed by atoms with Crippen LogP contribution in [0.4, 0.5) is 5.69 Å². The van der Waals surface area contributed by atoms with Crippen LogP contribution in [-0.4, -0.2) is 32.1 Å². The standard InChI is InChI=1S/C24H26N4O2S2/c1-17-23(32(29,30)25-15-18-10-12-20(13-11-18)27(2)3)14-22(28(17)4)24-26-21(16-31-24)19-8-6-5-7-9-19/h5-14,16,25H,15H2,1-4H3. The molecule has 2 aromatic heterocycles. The van der Waals surface area contributed by atoms with Crippen LogP contribution in [0.15, 0.2) is 70.9 Å². The number of rotatable bonds is 7. The van der Waals surface area contributed by atoms with Crippen LogP contribution in [0.25, 0.3) is 22.0 Å². The van der Waals surface area contributed by atoms with Gasteiger partial charge in [-0.25, -0.2) is 18.1 Å². The van der Waals surface area contributed by atoms with Crippen molar-refractivity contribution in [1.29, 1.82) is 0 Å². The normalized spacial score (nSPS) is 11.6. The van der Waals surface area contributed by atoms with Gasteiger partial charge >= 0.3 is 0 Å². The monoisotopic (exact) mass is 466 g/mol. The largest absolute Gasteiger partial charge is 0.378 e. The van der Waals surface area contributed by atoms with Gasteiger partial charge in [-0.15, -0.1) is 11.3 Å². The fraction of sp³-hybridized carbons (Fsp3) is 0.208.